The van der Waals surface area contributed by atoms with Crippen LogP contribution in [0.4, 0.5) is 0 Å². The highest BCUT2D eigenvalue weighted by atomic mass is 35.5. The van der Waals surface area contributed by atoms with Crippen molar-refractivity contribution < 1.29 is 14.7 Å². The van der Waals surface area contributed by atoms with Crippen molar-refractivity contribution in [2.75, 3.05) is 6.54 Å². The Morgan fingerprint density at radius 3 is 2.67 bits per heavy atom. The molecule has 0 radical (unpaired) electrons. The summed E-state index contributed by atoms with van der Waals surface area (Å²) in [5.74, 6) is -1.40. The number of hydrogen-bond donors (Lipinski definition) is 1. The Hall–Kier alpha value is -0.780. The van der Waals surface area contributed by atoms with E-state index in [2.05, 4.69) is 0 Å². The van der Waals surface area contributed by atoms with Crippen LogP contribution in [-0.2, 0) is 4.79 Å². The van der Waals surface area contributed by atoms with Crippen molar-refractivity contribution >= 4 is 46.4 Å². The van der Waals surface area contributed by atoms with Gasteiger partial charge in [-0.15, -0.1) is 11.3 Å². The number of rotatable bonds is 2. The Bertz CT molecular complexity index is 502. The molecule has 1 aliphatic heterocycles. The summed E-state index contributed by atoms with van der Waals surface area (Å²) >= 11 is 12.8. The van der Waals surface area contributed by atoms with Gasteiger partial charge in [0.2, 0.25) is 0 Å². The van der Waals surface area contributed by atoms with Crippen LogP contribution in [0.1, 0.15) is 23.7 Å². The molecule has 7 heteroatoms. The van der Waals surface area contributed by atoms with Crippen LogP contribution >= 0.6 is 34.5 Å². The summed E-state index contributed by atoms with van der Waals surface area (Å²) in [5, 5.41) is 9.17. The quantitative estimate of drug-likeness (QED) is 0.914. The summed E-state index contributed by atoms with van der Waals surface area (Å²) in [7, 11) is 0. The van der Waals surface area contributed by atoms with Gasteiger partial charge in [-0.2, -0.15) is 0 Å². The minimum atomic E-state index is -0.981. The third kappa shape index (κ3) is 2.35. The molecule has 4 nitrogen and oxygen atoms in total. The van der Waals surface area contributed by atoms with Crippen LogP contribution in [0.5, 0.6) is 0 Å². The van der Waals surface area contributed by atoms with Gasteiger partial charge in [0.05, 0.1) is 9.90 Å². The number of carboxylic acids is 1. The minimum absolute atomic E-state index is 0.0562. The fourth-order valence-corrected chi connectivity index (χ4v) is 3.64. The van der Waals surface area contributed by atoms with Gasteiger partial charge in [-0.05, 0) is 18.4 Å². The Morgan fingerprint density at radius 1 is 1.50 bits per heavy atom. The van der Waals surface area contributed by atoms with E-state index in [-0.39, 0.29) is 17.4 Å². The van der Waals surface area contributed by atoms with Gasteiger partial charge in [-0.25, -0.2) is 4.79 Å². The van der Waals surface area contributed by atoms with Gasteiger partial charge >= 0.3 is 5.97 Å². The molecular weight excluding hydrogens is 297 g/mol. The predicted molar refractivity (Wildman–Crippen MR) is 70.6 cm³/mol. The number of likely N-dealkylation sites (tertiary alicyclic amines) is 1. The van der Waals surface area contributed by atoms with Gasteiger partial charge in [-0.3, -0.25) is 4.79 Å². The maximum Gasteiger partial charge on any atom is 0.326 e. The first-order chi connectivity index (χ1) is 8.41. The highest BCUT2D eigenvalue weighted by molar-refractivity contribution is 7.20. The Labute approximate surface area is 118 Å². The molecule has 2 heterocycles. The predicted octanol–water partition coefficient (Wildman–Crippen LogP) is 2.99. The molecule has 1 aliphatic rings. The summed E-state index contributed by atoms with van der Waals surface area (Å²) in [5.41, 5.74) is 0.284. The number of hydrogen-bond acceptors (Lipinski definition) is 3. The topological polar surface area (TPSA) is 57.6 Å². The average Bonchev–Trinajstić information content (AvgIpc) is 2.80. The molecule has 1 N–H and O–H groups in total. The summed E-state index contributed by atoms with van der Waals surface area (Å²) in [6, 6.07) is 0.700. The fraction of sp³-hybridized carbons (Fsp3) is 0.455. The molecule has 1 fully saturated rings. The van der Waals surface area contributed by atoms with E-state index >= 15 is 0 Å². The molecule has 1 aromatic heterocycles. The minimum Gasteiger partial charge on any atom is -0.480 e. The molecular formula is C11H11Cl2NO3S. The molecule has 0 aromatic carbocycles. The smallest absolute Gasteiger partial charge is 0.326 e. The second-order valence-electron chi connectivity index (χ2n) is 4.29. The van der Waals surface area contributed by atoms with Crippen molar-refractivity contribution in [3.63, 3.8) is 0 Å². The van der Waals surface area contributed by atoms with E-state index in [1.807, 2.05) is 6.92 Å². The van der Waals surface area contributed by atoms with Crippen molar-refractivity contribution in [2.45, 2.75) is 19.4 Å². The first-order valence-electron chi connectivity index (χ1n) is 5.40. The van der Waals surface area contributed by atoms with Gasteiger partial charge in [-0.1, -0.05) is 30.1 Å². The number of thiophene rings is 1. The number of nitrogens with zero attached hydrogens (tertiary/aromatic N) is 1. The number of amides is 1. The van der Waals surface area contributed by atoms with Crippen molar-refractivity contribution in [1.82, 2.24) is 4.90 Å². The van der Waals surface area contributed by atoms with Gasteiger partial charge in [0.25, 0.3) is 5.91 Å². The normalized spacial score (nSPS) is 23.4. The number of aliphatic carboxylic acids is 1. The SMILES string of the molecule is CC1CCN(C(=O)c2cc(Cl)sc2Cl)C1C(=O)O. The van der Waals surface area contributed by atoms with Crippen molar-refractivity contribution in [1.29, 1.82) is 0 Å². The monoisotopic (exact) mass is 307 g/mol. The van der Waals surface area contributed by atoms with Crippen LogP contribution in [0.15, 0.2) is 6.07 Å². The van der Waals surface area contributed by atoms with E-state index < -0.39 is 12.0 Å². The molecule has 2 atom stereocenters. The van der Waals surface area contributed by atoms with Crippen molar-refractivity contribution in [3.05, 3.63) is 20.3 Å². The molecule has 0 bridgehead atoms. The van der Waals surface area contributed by atoms with Gasteiger partial charge in [0, 0.05) is 6.54 Å². The van der Waals surface area contributed by atoms with E-state index in [4.69, 9.17) is 23.2 Å². The zero-order chi connectivity index (χ0) is 13.4. The number of carbonyl (C=O) groups is 2. The molecule has 2 rings (SSSR count). The summed E-state index contributed by atoms with van der Waals surface area (Å²) < 4.78 is 0.719. The highest BCUT2D eigenvalue weighted by Crippen LogP contribution is 2.34. The summed E-state index contributed by atoms with van der Waals surface area (Å²) in [6.45, 7) is 2.26. The molecule has 1 saturated heterocycles. The molecule has 0 saturated carbocycles. The maximum atomic E-state index is 12.3. The zero-order valence-electron chi connectivity index (χ0n) is 9.52. The van der Waals surface area contributed by atoms with Crippen LogP contribution in [0.25, 0.3) is 0 Å². The molecule has 18 heavy (non-hydrogen) atoms. The third-order valence-electron chi connectivity index (χ3n) is 3.10. The highest BCUT2D eigenvalue weighted by Gasteiger charge is 2.40. The van der Waals surface area contributed by atoms with Crippen molar-refractivity contribution in [2.24, 2.45) is 5.92 Å². The Balaban J connectivity index is 2.29. The zero-order valence-corrected chi connectivity index (χ0v) is 11.8. The van der Waals surface area contributed by atoms with E-state index in [0.717, 1.165) is 11.3 Å². The number of carboxylic acid groups (broad SMARTS) is 1. The summed E-state index contributed by atoms with van der Waals surface area (Å²) in [6.07, 6.45) is 0.679. The third-order valence-corrected chi connectivity index (χ3v) is 4.59. The average molecular weight is 308 g/mol. The van der Waals surface area contributed by atoms with E-state index in [1.165, 1.54) is 11.0 Å². The van der Waals surface area contributed by atoms with E-state index in [1.54, 1.807) is 0 Å². The summed E-state index contributed by atoms with van der Waals surface area (Å²) in [4.78, 5) is 24.8. The standard InChI is InChI=1S/C11H11Cl2NO3S/c1-5-2-3-14(8(5)11(16)17)10(15)6-4-7(12)18-9(6)13/h4-5,8H,2-3H2,1H3,(H,16,17). The Morgan fingerprint density at radius 2 is 2.17 bits per heavy atom. The van der Waals surface area contributed by atoms with Crippen LogP contribution < -0.4 is 0 Å². The number of carbonyl (C=O) groups excluding carboxylic acids is 1. The van der Waals surface area contributed by atoms with Crippen LogP contribution in [-0.4, -0.2) is 34.5 Å². The molecule has 1 amide bonds. The van der Waals surface area contributed by atoms with Crippen LogP contribution in [0.3, 0.4) is 0 Å². The fourth-order valence-electron chi connectivity index (χ4n) is 2.19. The molecule has 0 aliphatic carbocycles. The van der Waals surface area contributed by atoms with E-state index in [0.29, 0.717) is 21.6 Å². The lowest BCUT2D eigenvalue weighted by atomic mass is 10.0. The van der Waals surface area contributed by atoms with Gasteiger partial charge < -0.3 is 10.0 Å². The van der Waals surface area contributed by atoms with Gasteiger partial charge in [0.15, 0.2) is 0 Å². The Kier molecular flexibility index (Phi) is 3.84. The lowest BCUT2D eigenvalue weighted by Gasteiger charge is -2.23. The lowest BCUT2D eigenvalue weighted by molar-refractivity contribution is -0.142. The second-order valence-corrected chi connectivity index (χ2v) is 6.57. The van der Waals surface area contributed by atoms with Crippen LogP contribution in [0.2, 0.25) is 8.67 Å². The molecule has 98 valence electrons. The first-order valence-corrected chi connectivity index (χ1v) is 6.97. The maximum absolute atomic E-state index is 12.3. The molecule has 0 spiro atoms. The lowest BCUT2D eigenvalue weighted by Crippen LogP contribution is -2.42. The van der Waals surface area contributed by atoms with Crippen LogP contribution in [0, 0.1) is 5.92 Å². The first kappa shape index (κ1) is 13.6. The second kappa shape index (κ2) is 5.07. The largest absolute Gasteiger partial charge is 0.480 e. The molecule has 1 aromatic rings. The van der Waals surface area contributed by atoms with Gasteiger partial charge in [0.1, 0.15) is 10.4 Å². The van der Waals surface area contributed by atoms with Crippen molar-refractivity contribution in [3.8, 4) is 0 Å². The molecule has 2 unspecified atom stereocenters. The number of halogens is 2. The van der Waals surface area contributed by atoms with E-state index in [9.17, 15) is 14.7 Å².